The number of anilines is 1. The van der Waals surface area contributed by atoms with E-state index in [-0.39, 0.29) is 34.6 Å². The normalized spacial score (nSPS) is 17.1. The highest BCUT2D eigenvalue weighted by Gasteiger charge is 2.54. The summed E-state index contributed by atoms with van der Waals surface area (Å²) < 4.78 is 4.88. The molecule has 0 aliphatic carbocycles. The lowest BCUT2D eigenvalue weighted by molar-refractivity contribution is -0.150. The van der Waals surface area contributed by atoms with Crippen molar-refractivity contribution in [1.82, 2.24) is 20.1 Å². The minimum absolute atomic E-state index is 0.165. The Bertz CT molecular complexity index is 1610. The number of oxime groups is 1. The molecule has 5 rings (SSSR count). The number of carboxylic acids is 1. The Morgan fingerprint density at radius 3 is 2.23 bits per heavy atom. The first-order chi connectivity index (χ1) is 23.1. The van der Waals surface area contributed by atoms with E-state index in [9.17, 15) is 24.3 Å². The van der Waals surface area contributed by atoms with Gasteiger partial charge in [-0.3, -0.25) is 24.2 Å². The molecule has 14 nitrogen and oxygen atoms in total. The Hall–Kier alpha value is -4.77. The molecular weight excluding hydrogens is 659 g/mol. The van der Waals surface area contributed by atoms with Gasteiger partial charge in [-0.25, -0.2) is 9.78 Å². The van der Waals surface area contributed by atoms with Gasteiger partial charge in [0.15, 0.2) is 10.8 Å². The number of nitrogens with zero attached hydrogens (tertiary/aromatic N) is 4. The van der Waals surface area contributed by atoms with E-state index in [4.69, 9.17) is 16.2 Å². The number of nitrogen functional groups attached to an aromatic ring is 1. The van der Waals surface area contributed by atoms with Crippen LogP contribution < -0.4 is 16.8 Å². The van der Waals surface area contributed by atoms with E-state index >= 15 is 0 Å². The summed E-state index contributed by atoms with van der Waals surface area (Å²) in [6.07, 6.45) is 0. The highest BCUT2D eigenvalue weighted by Crippen LogP contribution is 2.40. The molecule has 0 radical (unpaired) electrons. The molecule has 0 saturated carbocycles. The second kappa shape index (κ2) is 17.4. The highest BCUT2D eigenvalue weighted by molar-refractivity contribution is 8.00. The lowest BCUT2D eigenvalue weighted by Crippen LogP contribution is -2.71. The van der Waals surface area contributed by atoms with Crippen molar-refractivity contribution in [3.05, 3.63) is 94.1 Å². The molecule has 1 fully saturated rings. The monoisotopic (exact) mass is 695 g/mol. The predicted molar refractivity (Wildman–Crippen MR) is 182 cm³/mol. The van der Waals surface area contributed by atoms with Crippen molar-refractivity contribution < 1.29 is 33.9 Å². The van der Waals surface area contributed by atoms with Crippen LogP contribution in [0.3, 0.4) is 0 Å². The number of β-lactam (4-membered cyclic amide) rings is 1. The predicted octanol–water partition coefficient (Wildman–Crippen LogP) is 2.03. The topological polar surface area (TPSA) is 203 Å². The van der Waals surface area contributed by atoms with Crippen LogP contribution in [0.2, 0.25) is 0 Å². The molecule has 0 spiro atoms. The third kappa shape index (κ3) is 9.41. The number of nitrogens with two attached hydrogens (primary N) is 2. The zero-order valence-electron chi connectivity index (χ0n) is 26.4. The zero-order chi connectivity index (χ0) is 34.6. The maximum absolute atomic E-state index is 12.7. The van der Waals surface area contributed by atoms with Crippen LogP contribution in [0, 0.1) is 0 Å². The number of hydrogen-bond donors (Lipinski definition) is 4. The number of amides is 2. The first-order valence-corrected chi connectivity index (χ1v) is 16.7. The number of aliphatic carboxylic acids is 1. The summed E-state index contributed by atoms with van der Waals surface area (Å²) in [7, 11) is 1.25. The molecule has 3 heterocycles. The molecule has 254 valence electrons. The van der Waals surface area contributed by atoms with Crippen molar-refractivity contribution in [3.63, 3.8) is 0 Å². The summed E-state index contributed by atoms with van der Waals surface area (Å²) in [5, 5.41) is 16.9. The van der Waals surface area contributed by atoms with Crippen molar-refractivity contribution in [2.45, 2.75) is 31.4 Å². The smallest absolute Gasteiger partial charge is 0.352 e. The first kappa shape index (κ1) is 36.1. The molecule has 1 aromatic heterocycles. The van der Waals surface area contributed by atoms with Crippen LogP contribution in [0.15, 0.2) is 82.5 Å². The van der Waals surface area contributed by atoms with Gasteiger partial charge >= 0.3 is 11.9 Å². The van der Waals surface area contributed by atoms with E-state index in [1.165, 1.54) is 42.3 Å². The number of thiazole rings is 1. The SMILES string of the molecule is CON=C(C(=O)N[C@H]1C(=O)N2C(C(=O)O)=C(COC(C)=O)CS[C@@H]12)c1csc(N)n1.NCCN(Cc1ccccc1)Cc1ccccc1. The molecule has 16 heteroatoms. The molecule has 2 aromatic carbocycles. The van der Waals surface area contributed by atoms with Gasteiger partial charge < -0.3 is 31.5 Å². The molecule has 48 heavy (non-hydrogen) atoms. The average molecular weight is 696 g/mol. The molecule has 6 N–H and O–H groups in total. The van der Waals surface area contributed by atoms with Gasteiger partial charge in [-0.1, -0.05) is 65.8 Å². The molecule has 1 saturated heterocycles. The number of hydrogen-bond acceptors (Lipinski definition) is 13. The van der Waals surface area contributed by atoms with Crippen LogP contribution in [-0.2, 0) is 41.8 Å². The van der Waals surface area contributed by atoms with Gasteiger partial charge in [0.25, 0.3) is 11.8 Å². The van der Waals surface area contributed by atoms with Gasteiger partial charge in [0, 0.05) is 49.8 Å². The van der Waals surface area contributed by atoms with E-state index in [0.29, 0.717) is 12.1 Å². The van der Waals surface area contributed by atoms with Gasteiger partial charge in [-0.05, 0) is 11.1 Å². The third-order valence-electron chi connectivity index (χ3n) is 7.09. The van der Waals surface area contributed by atoms with E-state index in [0.717, 1.165) is 35.9 Å². The Kier molecular flexibility index (Phi) is 13.1. The van der Waals surface area contributed by atoms with Gasteiger partial charge in [0.05, 0.1) is 0 Å². The molecule has 3 aromatic rings. The largest absolute Gasteiger partial charge is 0.477 e. The van der Waals surface area contributed by atoms with Crippen LogP contribution in [0.5, 0.6) is 0 Å². The summed E-state index contributed by atoms with van der Waals surface area (Å²) in [6.45, 7) is 4.49. The Morgan fingerprint density at radius 1 is 1.10 bits per heavy atom. The molecular formula is C32H37N7O7S2. The number of esters is 1. The number of ether oxygens (including phenoxy) is 1. The minimum atomic E-state index is -1.32. The van der Waals surface area contributed by atoms with Crippen LogP contribution in [-0.4, -0.2) is 93.3 Å². The second-order valence-electron chi connectivity index (χ2n) is 10.6. The molecule has 2 atom stereocenters. The average Bonchev–Trinajstić information content (AvgIpc) is 3.51. The van der Waals surface area contributed by atoms with Crippen LogP contribution in [0.25, 0.3) is 0 Å². The molecule has 2 aliphatic heterocycles. The summed E-state index contributed by atoms with van der Waals surface area (Å²) in [5.41, 5.74) is 14.0. The van der Waals surface area contributed by atoms with Crippen molar-refractivity contribution in [2.75, 3.05) is 38.3 Å². The van der Waals surface area contributed by atoms with E-state index in [2.05, 4.69) is 73.7 Å². The number of carbonyl (C=O) groups is 4. The second-order valence-corrected chi connectivity index (χ2v) is 12.6. The summed E-state index contributed by atoms with van der Waals surface area (Å²) in [5.74, 6) is -2.98. The number of nitrogens with one attached hydrogen (secondary N) is 1. The number of aromatic nitrogens is 1. The minimum Gasteiger partial charge on any atom is -0.477 e. The fourth-order valence-corrected chi connectivity index (χ4v) is 6.84. The lowest BCUT2D eigenvalue weighted by Gasteiger charge is -2.49. The van der Waals surface area contributed by atoms with E-state index in [1.807, 2.05) is 12.1 Å². The number of thioether (sulfide) groups is 1. The van der Waals surface area contributed by atoms with Crippen molar-refractivity contribution in [3.8, 4) is 0 Å². The van der Waals surface area contributed by atoms with Crippen molar-refractivity contribution in [1.29, 1.82) is 0 Å². The van der Waals surface area contributed by atoms with Crippen LogP contribution >= 0.6 is 23.1 Å². The number of benzene rings is 2. The van der Waals surface area contributed by atoms with E-state index < -0.39 is 35.2 Å². The fourth-order valence-electron chi connectivity index (χ4n) is 4.96. The van der Waals surface area contributed by atoms with Crippen molar-refractivity contribution >= 4 is 57.7 Å². The maximum atomic E-state index is 12.7. The number of carboxylic acid groups (broad SMARTS) is 1. The zero-order valence-corrected chi connectivity index (χ0v) is 28.0. The molecule has 0 bridgehead atoms. The summed E-state index contributed by atoms with van der Waals surface area (Å²) in [6, 6.07) is 20.1. The Morgan fingerprint density at radius 2 is 1.73 bits per heavy atom. The number of carbonyl (C=O) groups excluding carboxylic acids is 3. The summed E-state index contributed by atoms with van der Waals surface area (Å²) >= 11 is 2.35. The van der Waals surface area contributed by atoms with Gasteiger partial charge in [0.2, 0.25) is 0 Å². The number of fused-ring (bicyclic) bond motifs is 1. The van der Waals surface area contributed by atoms with Crippen LogP contribution in [0.1, 0.15) is 23.7 Å². The third-order valence-corrected chi connectivity index (χ3v) is 9.11. The van der Waals surface area contributed by atoms with Crippen molar-refractivity contribution in [2.24, 2.45) is 10.9 Å². The van der Waals surface area contributed by atoms with Gasteiger partial charge in [-0.15, -0.1) is 23.1 Å². The highest BCUT2D eigenvalue weighted by atomic mass is 32.2. The lowest BCUT2D eigenvalue weighted by atomic mass is 10.0. The molecule has 2 aliphatic rings. The first-order valence-electron chi connectivity index (χ1n) is 14.8. The number of rotatable bonds is 13. The van der Waals surface area contributed by atoms with Crippen LogP contribution in [0.4, 0.5) is 5.13 Å². The maximum Gasteiger partial charge on any atom is 0.352 e. The Balaban J connectivity index is 0.000000246. The standard InChI is InChI=1S/C16H17N5O7S2.C16H20N2/c1-6(22)28-3-7-4-29-14-10(13(24)21(14)11(7)15(25)26)19-12(23)9(20-27-2)8-5-30-16(17)18-8;17-11-12-18(13-15-7-3-1-4-8-15)14-16-9-5-2-6-10-16/h5,10,14H,3-4H2,1-2H3,(H2,17,18)(H,19,23)(H,25,26);1-10H,11-14,17H2/t10-,14-;/m0./s1. The fraction of sp³-hybridized carbons (Fsp3) is 0.312. The molecule has 0 unspecified atom stereocenters. The van der Waals surface area contributed by atoms with E-state index in [1.54, 1.807) is 0 Å². The van der Waals surface area contributed by atoms with Gasteiger partial charge in [-0.2, -0.15) is 0 Å². The molecule has 2 amide bonds. The quantitative estimate of drug-likeness (QED) is 0.0878. The van der Waals surface area contributed by atoms with Gasteiger partial charge in [0.1, 0.15) is 36.5 Å². The summed E-state index contributed by atoms with van der Waals surface area (Å²) in [4.78, 5) is 60.2. The Labute approximate surface area is 285 Å².